The highest BCUT2D eigenvalue weighted by molar-refractivity contribution is 5.29. The highest BCUT2D eigenvalue weighted by Gasteiger charge is 2.09. The third-order valence-electron chi connectivity index (χ3n) is 2.74. The van der Waals surface area contributed by atoms with E-state index >= 15 is 0 Å². The third kappa shape index (κ3) is 3.14. The zero-order chi connectivity index (χ0) is 12.3. The molecule has 88 valence electrons. The molecule has 0 saturated carbocycles. The largest absolute Gasteiger partial charge is 0.386 e. The van der Waals surface area contributed by atoms with Gasteiger partial charge in [0.2, 0.25) is 0 Å². The van der Waals surface area contributed by atoms with Gasteiger partial charge < -0.3 is 5.11 Å². The summed E-state index contributed by atoms with van der Waals surface area (Å²) in [6, 6.07) is 12.0. The maximum atomic E-state index is 10.1. The van der Waals surface area contributed by atoms with Crippen molar-refractivity contribution in [2.24, 2.45) is 0 Å². The second-order valence-corrected chi connectivity index (χ2v) is 4.47. The van der Waals surface area contributed by atoms with Gasteiger partial charge in [0.1, 0.15) is 0 Å². The Balaban J connectivity index is 2.16. The van der Waals surface area contributed by atoms with Crippen LogP contribution in [0.4, 0.5) is 0 Å². The molecular formula is C15H17NO. The van der Waals surface area contributed by atoms with E-state index in [0.717, 1.165) is 11.3 Å². The Bertz CT molecular complexity index is 473. The number of nitrogens with zero attached hydrogens (tertiary/aromatic N) is 1. The average molecular weight is 227 g/mol. The van der Waals surface area contributed by atoms with Crippen LogP contribution in [0.3, 0.4) is 0 Å². The number of benzene rings is 1. The van der Waals surface area contributed by atoms with Crippen LogP contribution in [-0.2, 0) is 6.42 Å². The summed E-state index contributed by atoms with van der Waals surface area (Å²) < 4.78 is 0. The summed E-state index contributed by atoms with van der Waals surface area (Å²) in [5.41, 5.74) is 4.34. The molecule has 2 nitrogen and oxygen atoms in total. The SMILES string of the molecule is Cc1cc(C)cc(CC(O)c2ccccn2)c1. The Morgan fingerprint density at radius 3 is 2.41 bits per heavy atom. The Morgan fingerprint density at radius 2 is 1.82 bits per heavy atom. The minimum atomic E-state index is -0.530. The monoisotopic (exact) mass is 227 g/mol. The predicted molar refractivity (Wildman–Crippen MR) is 68.8 cm³/mol. The number of aliphatic hydroxyl groups excluding tert-OH is 1. The molecule has 0 aliphatic rings. The van der Waals surface area contributed by atoms with Crippen molar-refractivity contribution in [3.05, 3.63) is 65.0 Å². The van der Waals surface area contributed by atoms with Gasteiger partial charge in [-0.3, -0.25) is 4.98 Å². The molecule has 0 amide bonds. The molecule has 0 aliphatic carbocycles. The minimum absolute atomic E-state index is 0.530. The van der Waals surface area contributed by atoms with Crippen molar-refractivity contribution in [2.75, 3.05) is 0 Å². The second kappa shape index (κ2) is 5.11. The first-order valence-corrected chi connectivity index (χ1v) is 5.81. The molecule has 2 rings (SSSR count). The molecule has 1 heterocycles. The van der Waals surface area contributed by atoms with Gasteiger partial charge in [-0.1, -0.05) is 35.4 Å². The van der Waals surface area contributed by atoms with Crippen LogP contribution in [0, 0.1) is 13.8 Å². The van der Waals surface area contributed by atoms with E-state index in [1.54, 1.807) is 6.20 Å². The van der Waals surface area contributed by atoms with Gasteiger partial charge in [0.25, 0.3) is 0 Å². The first-order chi connectivity index (χ1) is 8.15. The van der Waals surface area contributed by atoms with Crippen LogP contribution in [0.15, 0.2) is 42.6 Å². The fraction of sp³-hybridized carbons (Fsp3) is 0.267. The number of pyridine rings is 1. The van der Waals surface area contributed by atoms with E-state index in [-0.39, 0.29) is 0 Å². The first-order valence-electron chi connectivity index (χ1n) is 5.81. The fourth-order valence-electron chi connectivity index (χ4n) is 2.09. The lowest BCUT2D eigenvalue weighted by atomic mass is 10.0. The maximum Gasteiger partial charge on any atom is 0.0999 e. The molecule has 0 fully saturated rings. The summed E-state index contributed by atoms with van der Waals surface area (Å²) in [5.74, 6) is 0. The fourth-order valence-corrected chi connectivity index (χ4v) is 2.09. The van der Waals surface area contributed by atoms with E-state index < -0.39 is 6.10 Å². The minimum Gasteiger partial charge on any atom is -0.386 e. The molecule has 0 saturated heterocycles. The highest BCUT2D eigenvalue weighted by atomic mass is 16.3. The topological polar surface area (TPSA) is 33.1 Å². The lowest BCUT2D eigenvalue weighted by molar-refractivity contribution is 0.173. The number of hydrogen-bond acceptors (Lipinski definition) is 2. The average Bonchev–Trinajstić information content (AvgIpc) is 2.28. The molecule has 1 unspecified atom stereocenters. The summed E-state index contributed by atoms with van der Waals surface area (Å²) in [7, 11) is 0. The zero-order valence-electron chi connectivity index (χ0n) is 10.2. The number of aromatic nitrogens is 1. The number of aliphatic hydroxyl groups is 1. The van der Waals surface area contributed by atoms with E-state index in [2.05, 4.69) is 37.0 Å². The Morgan fingerprint density at radius 1 is 1.12 bits per heavy atom. The zero-order valence-corrected chi connectivity index (χ0v) is 10.2. The van der Waals surface area contributed by atoms with Gasteiger partial charge in [-0.25, -0.2) is 0 Å². The van der Waals surface area contributed by atoms with Gasteiger partial charge in [0.05, 0.1) is 11.8 Å². The lowest BCUT2D eigenvalue weighted by Crippen LogP contribution is -2.04. The number of rotatable bonds is 3. The normalized spacial score (nSPS) is 12.4. The second-order valence-electron chi connectivity index (χ2n) is 4.47. The summed E-state index contributed by atoms with van der Waals surface area (Å²) in [6.07, 6.45) is 1.79. The van der Waals surface area contributed by atoms with Gasteiger partial charge in [-0.2, -0.15) is 0 Å². The smallest absolute Gasteiger partial charge is 0.0999 e. The summed E-state index contributed by atoms with van der Waals surface area (Å²) in [6.45, 7) is 4.15. The number of aryl methyl sites for hydroxylation is 2. The summed E-state index contributed by atoms with van der Waals surface area (Å²) in [4.78, 5) is 4.17. The van der Waals surface area contributed by atoms with E-state index in [0.29, 0.717) is 6.42 Å². The molecule has 0 bridgehead atoms. The molecule has 2 aromatic rings. The summed E-state index contributed by atoms with van der Waals surface area (Å²) in [5, 5.41) is 10.1. The van der Waals surface area contributed by atoms with E-state index in [4.69, 9.17) is 0 Å². The molecule has 1 aromatic carbocycles. The van der Waals surface area contributed by atoms with Crippen LogP contribution in [0.5, 0.6) is 0 Å². The Kier molecular flexibility index (Phi) is 3.55. The van der Waals surface area contributed by atoms with Crippen molar-refractivity contribution >= 4 is 0 Å². The van der Waals surface area contributed by atoms with Crippen LogP contribution < -0.4 is 0 Å². The Labute approximate surface area is 102 Å². The number of hydrogen-bond donors (Lipinski definition) is 1. The van der Waals surface area contributed by atoms with Crippen molar-refractivity contribution in [2.45, 2.75) is 26.4 Å². The van der Waals surface area contributed by atoms with Gasteiger partial charge in [0.15, 0.2) is 0 Å². The summed E-state index contributed by atoms with van der Waals surface area (Å²) >= 11 is 0. The molecular weight excluding hydrogens is 210 g/mol. The van der Waals surface area contributed by atoms with Gasteiger partial charge in [0, 0.05) is 12.6 Å². The van der Waals surface area contributed by atoms with Crippen molar-refractivity contribution in [1.82, 2.24) is 4.98 Å². The van der Waals surface area contributed by atoms with E-state index in [1.807, 2.05) is 18.2 Å². The molecule has 0 spiro atoms. The molecule has 1 N–H and O–H groups in total. The van der Waals surface area contributed by atoms with Crippen LogP contribution in [0.2, 0.25) is 0 Å². The van der Waals surface area contributed by atoms with Gasteiger partial charge >= 0.3 is 0 Å². The maximum absolute atomic E-state index is 10.1. The molecule has 0 radical (unpaired) electrons. The van der Waals surface area contributed by atoms with Crippen molar-refractivity contribution in [3.8, 4) is 0 Å². The van der Waals surface area contributed by atoms with Crippen LogP contribution >= 0.6 is 0 Å². The third-order valence-corrected chi connectivity index (χ3v) is 2.74. The van der Waals surface area contributed by atoms with E-state index in [1.165, 1.54) is 11.1 Å². The molecule has 17 heavy (non-hydrogen) atoms. The molecule has 0 aliphatic heterocycles. The van der Waals surface area contributed by atoms with Gasteiger partial charge in [-0.05, 0) is 31.5 Å². The quantitative estimate of drug-likeness (QED) is 0.874. The van der Waals surface area contributed by atoms with Crippen LogP contribution in [-0.4, -0.2) is 10.1 Å². The molecule has 2 heteroatoms. The van der Waals surface area contributed by atoms with Crippen molar-refractivity contribution < 1.29 is 5.11 Å². The standard InChI is InChI=1S/C15H17NO/c1-11-7-12(2)9-13(8-11)10-15(17)14-5-3-4-6-16-14/h3-9,15,17H,10H2,1-2H3. The molecule has 1 aromatic heterocycles. The predicted octanol–water partition coefficient (Wildman–Crippen LogP) is 2.97. The highest BCUT2D eigenvalue weighted by Crippen LogP contribution is 2.18. The Hall–Kier alpha value is -1.67. The van der Waals surface area contributed by atoms with Crippen molar-refractivity contribution in [1.29, 1.82) is 0 Å². The van der Waals surface area contributed by atoms with Crippen molar-refractivity contribution in [3.63, 3.8) is 0 Å². The molecule has 1 atom stereocenters. The lowest BCUT2D eigenvalue weighted by Gasteiger charge is -2.11. The van der Waals surface area contributed by atoms with Crippen LogP contribution in [0.25, 0.3) is 0 Å². The van der Waals surface area contributed by atoms with Gasteiger partial charge in [-0.15, -0.1) is 0 Å². The van der Waals surface area contributed by atoms with Crippen LogP contribution in [0.1, 0.15) is 28.5 Å². The first kappa shape index (κ1) is 11.8. The van der Waals surface area contributed by atoms with E-state index in [9.17, 15) is 5.11 Å².